The van der Waals surface area contributed by atoms with Crippen LogP contribution in [0.3, 0.4) is 0 Å². The number of carbonyl (C=O) groups is 1. The van der Waals surface area contributed by atoms with Gasteiger partial charge in [0.1, 0.15) is 10.6 Å². The zero-order valence-corrected chi connectivity index (χ0v) is 12.9. The molecule has 0 aliphatic rings. The third-order valence-electron chi connectivity index (χ3n) is 2.26. The smallest absolute Gasteiger partial charge is 0.340 e. The largest absolute Gasteiger partial charge is 0.478 e. The second-order valence-corrected chi connectivity index (χ2v) is 5.90. The highest BCUT2D eigenvalue weighted by Crippen LogP contribution is 2.31. The highest BCUT2D eigenvalue weighted by Gasteiger charge is 2.18. The lowest BCUT2D eigenvalue weighted by Crippen LogP contribution is -2.02. The maximum absolute atomic E-state index is 11.1. The lowest BCUT2D eigenvalue weighted by atomic mass is 10.2. The van der Waals surface area contributed by atoms with Crippen molar-refractivity contribution in [3.8, 4) is 0 Å². The molecule has 1 aromatic heterocycles. The van der Waals surface area contributed by atoms with Crippen molar-refractivity contribution in [1.29, 1.82) is 0 Å². The summed E-state index contributed by atoms with van der Waals surface area (Å²) in [6.45, 7) is 1.68. The Morgan fingerprint density at radius 1 is 1.56 bits per heavy atom. The fourth-order valence-corrected chi connectivity index (χ4v) is 3.23. The zero-order valence-electron chi connectivity index (χ0n) is 9.20. The molecule has 0 amide bonds. The molecule has 0 saturated heterocycles. The summed E-state index contributed by atoms with van der Waals surface area (Å²) in [4.78, 5) is 11.1. The van der Waals surface area contributed by atoms with E-state index >= 15 is 0 Å². The first-order chi connectivity index (χ1) is 8.49. The molecule has 0 spiro atoms. The summed E-state index contributed by atoms with van der Waals surface area (Å²) in [6.07, 6.45) is 0. The first kappa shape index (κ1) is 13.6. The Balaban J connectivity index is 2.37. The molecular formula is C11H8ClIN2O2S. The minimum absolute atomic E-state index is 0.214. The van der Waals surface area contributed by atoms with Crippen molar-refractivity contribution in [2.45, 2.75) is 6.92 Å². The van der Waals surface area contributed by atoms with Crippen molar-refractivity contribution in [2.24, 2.45) is 0 Å². The number of aromatic carboxylic acids is 1. The van der Waals surface area contributed by atoms with E-state index in [1.807, 2.05) is 6.07 Å². The number of aryl methyl sites for hydroxylation is 1. The Kier molecular flexibility index (Phi) is 4.08. The number of carboxylic acids is 1. The van der Waals surface area contributed by atoms with Crippen molar-refractivity contribution in [2.75, 3.05) is 5.32 Å². The molecular weight excluding hydrogens is 387 g/mol. The Hall–Kier alpha value is -0.860. The van der Waals surface area contributed by atoms with Gasteiger partial charge in [-0.15, -0.1) is 0 Å². The monoisotopic (exact) mass is 394 g/mol. The van der Waals surface area contributed by atoms with Gasteiger partial charge >= 0.3 is 5.97 Å². The highest BCUT2D eigenvalue weighted by atomic mass is 127. The molecule has 0 fully saturated rings. The third kappa shape index (κ3) is 2.76. The number of hydrogen-bond donors (Lipinski definition) is 2. The number of halogens is 2. The summed E-state index contributed by atoms with van der Waals surface area (Å²) in [7, 11) is 0. The van der Waals surface area contributed by atoms with E-state index < -0.39 is 5.97 Å². The number of aromatic nitrogens is 1. The molecule has 0 radical (unpaired) electrons. The average Bonchev–Trinajstić information content (AvgIpc) is 2.64. The SMILES string of the molecule is Cc1nsc(Nc2ccc(Cl)cc2I)c1C(=O)O. The van der Waals surface area contributed by atoms with E-state index in [1.165, 1.54) is 0 Å². The third-order valence-corrected chi connectivity index (χ3v) is 4.24. The van der Waals surface area contributed by atoms with Crippen molar-refractivity contribution >= 4 is 62.4 Å². The number of carboxylic acid groups (broad SMARTS) is 1. The van der Waals surface area contributed by atoms with Crippen LogP contribution in [0.1, 0.15) is 16.1 Å². The molecule has 18 heavy (non-hydrogen) atoms. The molecule has 0 atom stereocenters. The van der Waals surface area contributed by atoms with E-state index in [0.717, 1.165) is 20.8 Å². The predicted octanol–water partition coefficient (Wildman–Crippen LogP) is 4.15. The molecule has 0 aliphatic carbocycles. The van der Waals surface area contributed by atoms with Crippen LogP contribution in [0, 0.1) is 10.5 Å². The molecule has 94 valence electrons. The van der Waals surface area contributed by atoms with E-state index in [1.54, 1.807) is 19.1 Å². The highest BCUT2D eigenvalue weighted by molar-refractivity contribution is 14.1. The second kappa shape index (κ2) is 5.41. The van der Waals surface area contributed by atoms with E-state index in [0.29, 0.717) is 15.7 Å². The van der Waals surface area contributed by atoms with Crippen LogP contribution in [0.2, 0.25) is 5.02 Å². The second-order valence-electron chi connectivity index (χ2n) is 3.53. The van der Waals surface area contributed by atoms with Crippen LogP contribution in [-0.2, 0) is 0 Å². The maximum Gasteiger partial charge on any atom is 0.340 e. The number of nitrogens with zero attached hydrogens (tertiary/aromatic N) is 1. The van der Waals surface area contributed by atoms with Crippen molar-refractivity contribution in [1.82, 2.24) is 4.37 Å². The van der Waals surface area contributed by atoms with Crippen molar-refractivity contribution in [3.05, 3.63) is 38.0 Å². The summed E-state index contributed by atoms with van der Waals surface area (Å²) < 4.78 is 4.97. The number of rotatable bonds is 3. The van der Waals surface area contributed by atoms with Crippen molar-refractivity contribution in [3.63, 3.8) is 0 Å². The lowest BCUT2D eigenvalue weighted by molar-refractivity contribution is 0.0697. The lowest BCUT2D eigenvalue weighted by Gasteiger charge is -2.07. The molecule has 0 saturated carbocycles. The molecule has 0 bridgehead atoms. The molecule has 2 N–H and O–H groups in total. The molecule has 0 aliphatic heterocycles. The first-order valence-corrected chi connectivity index (χ1v) is 7.13. The zero-order chi connectivity index (χ0) is 13.3. The summed E-state index contributed by atoms with van der Waals surface area (Å²) in [5, 5.41) is 13.4. The molecule has 2 aromatic rings. The fourth-order valence-electron chi connectivity index (χ4n) is 1.42. The van der Waals surface area contributed by atoms with Crippen LogP contribution in [0.15, 0.2) is 18.2 Å². The standard InChI is InChI=1S/C11H8ClIN2O2S/c1-5-9(11(16)17)10(18-15-5)14-8-3-2-6(12)4-7(8)13/h2-4,14H,1H3,(H,16,17). The number of benzene rings is 1. The Morgan fingerprint density at radius 2 is 2.28 bits per heavy atom. The molecule has 1 aromatic carbocycles. The number of hydrogen-bond acceptors (Lipinski definition) is 4. The van der Waals surface area contributed by atoms with Crippen LogP contribution in [-0.4, -0.2) is 15.4 Å². The van der Waals surface area contributed by atoms with E-state index in [9.17, 15) is 4.79 Å². The summed E-state index contributed by atoms with van der Waals surface area (Å²) >= 11 is 9.14. The van der Waals surface area contributed by atoms with Gasteiger partial charge in [0.05, 0.1) is 11.4 Å². The summed E-state index contributed by atoms with van der Waals surface area (Å²) in [5.74, 6) is -0.979. The fraction of sp³-hybridized carbons (Fsp3) is 0.0909. The van der Waals surface area contributed by atoms with Gasteiger partial charge in [0.15, 0.2) is 0 Å². The Bertz CT molecular complexity index is 615. The van der Waals surface area contributed by atoms with Gasteiger partial charge in [-0.1, -0.05) is 11.6 Å². The molecule has 4 nitrogen and oxygen atoms in total. The van der Waals surface area contributed by atoms with Gasteiger partial charge < -0.3 is 10.4 Å². The van der Waals surface area contributed by atoms with Crippen LogP contribution in [0.25, 0.3) is 0 Å². The van der Waals surface area contributed by atoms with E-state index in [4.69, 9.17) is 16.7 Å². The van der Waals surface area contributed by atoms with Gasteiger partial charge in [-0.3, -0.25) is 0 Å². The van der Waals surface area contributed by atoms with E-state index in [2.05, 4.69) is 32.3 Å². The Morgan fingerprint density at radius 3 is 2.89 bits per heavy atom. The maximum atomic E-state index is 11.1. The minimum Gasteiger partial charge on any atom is -0.478 e. The number of anilines is 2. The molecule has 0 unspecified atom stereocenters. The van der Waals surface area contributed by atoms with Gasteiger partial charge in [-0.2, -0.15) is 4.37 Å². The predicted molar refractivity (Wildman–Crippen MR) is 81.3 cm³/mol. The summed E-state index contributed by atoms with van der Waals surface area (Å²) in [6, 6.07) is 5.37. The van der Waals surface area contributed by atoms with E-state index in [-0.39, 0.29) is 5.56 Å². The summed E-state index contributed by atoms with van der Waals surface area (Å²) in [5.41, 5.74) is 1.54. The first-order valence-electron chi connectivity index (χ1n) is 4.90. The molecule has 7 heteroatoms. The topological polar surface area (TPSA) is 62.2 Å². The van der Waals surface area contributed by atoms with Gasteiger partial charge in [-0.05, 0) is 59.2 Å². The normalized spacial score (nSPS) is 10.4. The van der Waals surface area contributed by atoms with Gasteiger partial charge in [-0.25, -0.2) is 4.79 Å². The molecule has 1 heterocycles. The van der Waals surface area contributed by atoms with Crippen LogP contribution < -0.4 is 5.32 Å². The van der Waals surface area contributed by atoms with Gasteiger partial charge in [0.2, 0.25) is 0 Å². The Labute approximate surface area is 126 Å². The minimum atomic E-state index is -0.979. The van der Waals surface area contributed by atoms with Crippen LogP contribution >= 0.6 is 45.7 Å². The van der Waals surface area contributed by atoms with Crippen molar-refractivity contribution < 1.29 is 9.90 Å². The number of nitrogens with one attached hydrogen (secondary N) is 1. The van der Waals surface area contributed by atoms with Crippen LogP contribution in [0.4, 0.5) is 10.7 Å². The quantitative estimate of drug-likeness (QED) is 0.768. The average molecular weight is 395 g/mol. The van der Waals surface area contributed by atoms with Gasteiger partial charge in [0.25, 0.3) is 0 Å². The van der Waals surface area contributed by atoms with Crippen LogP contribution in [0.5, 0.6) is 0 Å². The molecule has 2 rings (SSSR count). The van der Waals surface area contributed by atoms with Gasteiger partial charge in [0, 0.05) is 8.59 Å².